The molecule has 1 unspecified atom stereocenters. The van der Waals surface area contributed by atoms with Crippen molar-refractivity contribution >= 4 is 29.9 Å². The molecule has 0 aliphatic heterocycles. The molecule has 1 aromatic carbocycles. The maximum absolute atomic E-state index is 14.1. The fraction of sp³-hybridized carbons (Fsp3) is 0.474. The van der Waals surface area contributed by atoms with Crippen LogP contribution in [0, 0.1) is 11.7 Å². The molecule has 0 saturated heterocycles. The topological polar surface area (TPSA) is 54.2 Å². The summed E-state index contributed by atoms with van der Waals surface area (Å²) in [7, 11) is 1.76. The number of rotatable bonds is 7. The van der Waals surface area contributed by atoms with E-state index in [4.69, 9.17) is 0 Å². The molecule has 1 fully saturated rings. The van der Waals surface area contributed by atoms with Crippen LogP contribution >= 0.6 is 24.0 Å². The summed E-state index contributed by atoms with van der Waals surface area (Å²) in [4.78, 5) is 4.28. The lowest BCUT2D eigenvalue weighted by Gasteiger charge is -2.20. The summed E-state index contributed by atoms with van der Waals surface area (Å²) < 4.78 is 16.0. The van der Waals surface area contributed by atoms with Gasteiger partial charge in [-0.05, 0) is 36.5 Å². The van der Waals surface area contributed by atoms with E-state index in [9.17, 15) is 4.39 Å². The highest BCUT2D eigenvalue weighted by Gasteiger charge is 2.45. The van der Waals surface area contributed by atoms with Gasteiger partial charge in [0.1, 0.15) is 5.82 Å². The van der Waals surface area contributed by atoms with E-state index in [0.717, 1.165) is 37.5 Å². The van der Waals surface area contributed by atoms with E-state index in [1.165, 1.54) is 0 Å². The van der Waals surface area contributed by atoms with Crippen LogP contribution in [0.1, 0.15) is 25.3 Å². The molecule has 1 atom stereocenters. The second-order valence-corrected chi connectivity index (χ2v) is 6.90. The fourth-order valence-corrected chi connectivity index (χ4v) is 3.12. The van der Waals surface area contributed by atoms with Crippen LogP contribution in [0.4, 0.5) is 4.39 Å². The monoisotopic (exact) mass is 471 g/mol. The van der Waals surface area contributed by atoms with Crippen LogP contribution in [0.3, 0.4) is 0 Å². The van der Waals surface area contributed by atoms with Gasteiger partial charge in [0.2, 0.25) is 0 Å². The van der Waals surface area contributed by atoms with Crippen molar-refractivity contribution in [2.24, 2.45) is 10.9 Å². The number of halogens is 2. The highest BCUT2D eigenvalue weighted by Crippen LogP contribution is 2.48. The van der Waals surface area contributed by atoms with Gasteiger partial charge in [-0.15, -0.1) is 24.0 Å². The lowest BCUT2D eigenvalue weighted by molar-refractivity contribution is 0.442. The minimum atomic E-state index is -0.113. The standard InChI is InChI=1S/C19H26FN5.HI/c1-15(13-25-11-5-10-24-25)12-22-18(21-2)23-14-19(8-9-19)16-6-3-4-7-17(16)20;/h3-7,10-11,15H,8-9,12-14H2,1-2H3,(H2,21,22,23);1H. The Balaban J connectivity index is 0.00000243. The van der Waals surface area contributed by atoms with Gasteiger partial charge >= 0.3 is 0 Å². The summed E-state index contributed by atoms with van der Waals surface area (Å²) in [6.07, 6.45) is 5.77. The number of nitrogens with one attached hydrogen (secondary N) is 2. The van der Waals surface area contributed by atoms with Crippen LogP contribution in [0.25, 0.3) is 0 Å². The van der Waals surface area contributed by atoms with E-state index < -0.39 is 0 Å². The maximum Gasteiger partial charge on any atom is 0.191 e. The molecular weight excluding hydrogens is 444 g/mol. The zero-order chi connectivity index (χ0) is 17.7. The Labute approximate surface area is 171 Å². The zero-order valence-corrected chi connectivity index (χ0v) is 17.6. The minimum absolute atomic E-state index is 0. The number of benzene rings is 1. The Kier molecular flexibility index (Phi) is 7.43. The second-order valence-electron chi connectivity index (χ2n) is 6.90. The molecule has 26 heavy (non-hydrogen) atoms. The molecule has 3 rings (SSSR count). The second kappa shape index (κ2) is 9.34. The molecule has 1 aliphatic carbocycles. The third-order valence-corrected chi connectivity index (χ3v) is 4.79. The van der Waals surface area contributed by atoms with Crippen LogP contribution < -0.4 is 10.6 Å². The summed E-state index contributed by atoms with van der Waals surface area (Å²) in [6.45, 7) is 4.52. The van der Waals surface area contributed by atoms with Gasteiger partial charge in [-0.2, -0.15) is 5.10 Å². The summed E-state index contributed by atoms with van der Waals surface area (Å²) >= 11 is 0. The van der Waals surface area contributed by atoms with Crippen molar-refractivity contribution in [2.45, 2.75) is 31.7 Å². The molecule has 0 spiro atoms. The van der Waals surface area contributed by atoms with E-state index in [1.807, 2.05) is 29.1 Å². The molecular formula is C19H27FIN5. The molecule has 1 aliphatic rings. The third-order valence-electron chi connectivity index (χ3n) is 4.79. The smallest absolute Gasteiger partial charge is 0.191 e. The largest absolute Gasteiger partial charge is 0.356 e. The fourth-order valence-electron chi connectivity index (χ4n) is 3.12. The Morgan fingerprint density at radius 2 is 2.08 bits per heavy atom. The summed E-state index contributed by atoms with van der Waals surface area (Å²) in [5.41, 5.74) is 0.717. The van der Waals surface area contributed by atoms with Gasteiger partial charge in [0, 0.05) is 44.5 Å². The van der Waals surface area contributed by atoms with Crippen LogP contribution in [0.5, 0.6) is 0 Å². The van der Waals surface area contributed by atoms with E-state index in [1.54, 1.807) is 25.4 Å². The quantitative estimate of drug-likeness (QED) is 0.371. The van der Waals surface area contributed by atoms with Crippen LogP contribution in [0.15, 0.2) is 47.7 Å². The zero-order valence-electron chi connectivity index (χ0n) is 15.3. The van der Waals surface area contributed by atoms with E-state index in [2.05, 4.69) is 27.6 Å². The molecule has 0 radical (unpaired) electrons. The Bertz CT molecular complexity index is 712. The molecule has 2 N–H and O–H groups in total. The number of hydrogen-bond donors (Lipinski definition) is 2. The Morgan fingerprint density at radius 1 is 1.31 bits per heavy atom. The molecule has 5 nitrogen and oxygen atoms in total. The Morgan fingerprint density at radius 3 is 2.69 bits per heavy atom. The number of guanidine groups is 1. The molecule has 0 bridgehead atoms. The van der Waals surface area contributed by atoms with Crippen molar-refractivity contribution in [3.8, 4) is 0 Å². The molecule has 7 heteroatoms. The maximum atomic E-state index is 14.1. The predicted molar refractivity (Wildman–Crippen MR) is 113 cm³/mol. The first-order valence-corrected chi connectivity index (χ1v) is 8.80. The lowest BCUT2D eigenvalue weighted by atomic mass is 9.95. The molecule has 2 aromatic rings. The van der Waals surface area contributed by atoms with Crippen molar-refractivity contribution in [1.82, 2.24) is 20.4 Å². The first kappa shape index (κ1) is 20.7. The van der Waals surface area contributed by atoms with Crippen molar-refractivity contribution in [3.63, 3.8) is 0 Å². The first-order valence-electron chi connectivity index (χ1n) is 8.80. The predicted octanol–water partition coefficient (Wildman–Crippen LogP) is 3.17. The summed E-state index contributed by atoms with van der Waals surface area (Å²) in [5, 5.41) is 10.9. The molecule has 0 amide bonds. The number of nitrogens with zero attached hydrogens (tertiary/aromatic N) is 3. The lowest BCUT2D eigenvalue weighted by Crippen LogP contribution is -2.43. The van der Waals surface area contributed by atoms with Gasteiger partial charge in [-0.1, -0.05) is 25.1 Å². The molecule has 142 valence electrons. The molecule has 1 saturated carbocycles. The van der Waals surface area contributed by atoms with Gasteiger partial charge < -0.3 is 10.6 Å². The van der Waals surface area contributed by atoms with Crippen LogP contribution in [-0.4, -0.2) is 35.9 Å². The average molecular weight is 471 g/mol. The van der Waals surface area contributed by atoms with Crippen LogP contribution in [0.2, 0.25) is 0 Å². The van der Waals surface area contributed by atoms with Crippen molar-refractivity contribution in [2.75, 3.05) is 20.1 Å². The first-order chi connectivity index (χ1) is 12.1. The highest BCUT2D eigenvalue weighted by atomic mass is 127. The van der Waals surface area contributed by atoms with Gasteiger partial charge in [-0.25, -0.2) is 4.39 Å². The number of hydrogen-bond acceptors (Lipinski definition) is 2. The van der Waals surface area contributed by atoms with Crippen molar-refractivity contribution in [3.05, 3.63) is 54.1 Å². The molecule has 1 heterocycles. The third kappa shape index (κ3) is 5.18. The Hall–Kier alpha value is -1.64. The van der Waals surface area contributed by atoms with Crippen LogP contribution in [-0.2, 0) is 12.0 Å². The summed E-state index contributed by atoms with van der Waals surface area (Å²) in [5.74, 6) is 1.06. The van der Waals surface area contributed by atoms with Gasteiger partial charge in [-0.3, -0.25) is 9.67 Å². The number of aliphatic imine (C=N–C) groups is 1. The van der Waals surface area contributed by atoms with E-state index in [-0.39, 0.29) is 35.2 Å². The average Bonchev–Trinajstić information content (AvgIpc) is 3.22. The summed E-state index contributed by atoms with van der Waals surface area (Å²) in [6, 6.07) is 9.01. The van der Waals surface area contributed by atoms with Crippen molar-refractivity contribution in [1.29, 1.82) is 0 Å². The van der Waals surface area contributed by atoms with E-state index >= 15 is 0 Å². The van der Waals surface area contributed by atoms with E-state index in [0.29, 0.717) is 12.5 Å². The van der Waals surface area contributed by atoms with Gasteiger partial charge in [0.25, 0.3) is 0 Å². The van der Waals surface area contributed by atoms with Gasteiger partial charge in [0.05, 0.1) is 0 Å². The normalized spacial score (nSPS) is 16.5. The number of aromatic nitrogens is 2. The van der Waals surface area contributed by atoms with Gasteiger partial charge in [0.15, 0.2) is 5.96 Å². The highest BCUT2D eigenvalue weighted by molar-refractivity contribution is 14.0. The molecule has 1 aromatic heterocycles. The SMILES string of the molecule is CN=C(NCC(C)Cn1cccn1)NCC1(c2ccccc2F)CC1.I. The minimum Gasteiger partial charge on any atom is -0.356 e. The van der Waals surface area contributed by atoms with Crippen molar-refractivity contribution < 1.29 is 4.39 Å².